The summed E-state index contributed by atoms with van der Waals surface area (Å²) in [6.45, 7) is 3.85. The van der Waals surface area contributed by atoms with Gasteiger partial charge in [-0.3, -0.25) is 4.79 Å². The van der Waals surface area contributed by atoms with Gasteiger partial charge in [0.1, 0.15) is 0 Å². The van der Waals surface area contributed by atoms with E-state index in [4.69, 9.17) is 5.73 Å². The van der Waals surface area contributed by atoms with Gasteiger partial charge in [0.25, 0.3) is 0 Å². The van der Waals surface area contributed by atoms with Gasteiger partial charge < -0.3 is 10.6 Å². The van der Waals surface area contributed by atoms with E-state index >= 15 is 0 Å². The van der Waals surface area contributed by atoms with Crippen molar-refractivity contribution in [2.24, 2.45) is 5.73 Å². The summed E-state index contributed by atoms with van der Waals surface area (Å²) < 4.78 is 0. The number of ketones is 1. The standard InChI is InChI=1S/C15H18N2OS/c1-12(18)13-4-6-14(7-5-13)17(9-8-16)11-15-3-2-10-19-15/h2-7,10H,8-9,11,16H2,1H3. The van der Waals surface area contributed by atoms with Gasteiger partial charge in [-0.05, 0) is 42.6 Å². The number of Topliss-reactive ketones (excluding diaryl/α,β-unsaturated/α-hetero) is 1. The van der Waals surface area contributed by atoms with Gasteiger partial charge in [0.15, 0.2) is 5.78 Å². The summed E-state index contributed by atoms with van der Waals surface area (Å²) in [7, 11) is 0. The van der Waals surface area contributed by atoms with Crippen LogP contribution >= 0.6 is 11.3 Å². The van der Waals surface area contributed by atoms with Crippen molar-refractivity contribution in [3.05, 3.63) is 52.2 Å². The molecule has 0 bridgehead atoms. The fraction of sp³-hybridized carbons (Fsp3) is 0.267. The molecule has 0 fully saturated rings. The first-order valence-corrected chi connectivity index (χ1v) is 7.17. The van der Waals surface area contributed by atoms with Crippen LogP contribution in [-0.4, -0.2) is 18.9 Å². The number of nitrogens with two attached hydrogens (primary N) is 1. The SMILES string of the molecule is CC(=O)c1ccc(N(CCN)Cc2cccs2)cc1. The average Bonchev–Trinajstić information content (AvgIpc) is 2.91. The van der Waals surface area contributed by atoms with Gasteiger partial charge in [0.2, 0.25) is 0 Å². The van der Waals surface area contributed by atoms with Crippen LogP contribution in [0.1, 0.15) is 22.2 Å². The Bertz CT molecular complexity index is 520. The van der Waals surface area contributed by atoms with Gasteiger partial charge in [0.05, 0.1) is 6.54 Å². The fourth-order valence-corrected chi connectivity index (χ4v) is 2.67. The molecule has 0 atom stereocenters. The Balaban J connectivity index is 2.16. The van der Waals surface area contributed by atoms with Crippen LogP contribution in [0.2, 0.25) is 0 Å². The molecule has 3 nitrogen and oxygen atoms in total. The predicted octanol–water partition coefficient (Wildman–Crippen LogP) is 2.92. The molecular formula is C15H18N2OS. The molecule has 0 aliphatic heterocycles. The predicted molar refractivity (Wildman–Crippen MR) is 80.9 cm³/mol. The Labute approximate surface area is 117 Å². The second-order valence-electron chi connectivity index (χ2n) is 4.39. The third-order valence-corrected chi connectivity index (χ3v) is 3.83. The lowest BCUT2D eigenvalue weighted by molar-refractivity contribution is 0.101. The van der Waals surface area contributed by atoms with Crippen molar-refractivity contribution in [3.63, 3.8) is 0 Å². The van der Waals surface area contributed by atoms with Gasteiger partial charge in [0, 0.05) is 29.2 Å². The number of thiophene rings is 1. The van der Waals surface area contributed by atoms with E-state index in [0.29, 0.717) is 6.54 Å². The summed E-state index contributed by atoms with van der Waals surface area (Å²) >= 11 is 1.74. The van der Waals surface area contributed by atoms with Crippen molar-refractivity contribution >= 4 is 22.8 Å². The van der Waals surface area contributed by atoms with Gasteiger partial charge in [-0.2, -0.15) is 0 Å². The van der Waals surface area contributed by atoms with Gasteiger partial charge >= 0.3 is 0 Å². The van der Waals surface area contributed by atoms with Crippen molar-refractivity contribution in [2.45, 2.75) is 13.5 Å². The Morgan fingerprint density at radius 1 is 1.26 bits per heavy atom. The molecule has 1 aromatic heterocycles. The highest BCUT2D eigenvalue weighted by atomic mass is 32.1. The molecule has 4 heteroatoms. The third-order valence-electron chi connectivity index (χ3n) is 2.96. The molecule has 0 spiro atoms. The first kappa shape index (κ1) is 13.8. The van der Waals surface area contributed by atoms with E-state index in [1.54, 1.807) is 18.3 Å². The van der Waals surface area contributed by atoms with Crippen LogP contribution < -0.4 is 10.6 Å². The molecule has 2 aromatic rings. The highest BCUT2D eigenvalue weighted by molar-refractivity contribution is 7.09. The fourth-order valence-electron chi connectivity index (χ4n) is 1.95. The van der Waals surface area contributed by atoms with Crippen molar-refractivity contribution in [3.8, 4) is 0 Å². The lowest BCUT2D eigenvalue weighted by atomic mass is 10.1. The van der Waals surface area contributed by atoms with E-state index in [1.807, 2.05) is 24.3 Å². The maximum absolute atomic E-state index is 11.3. The smallest absolute Gasteiger partial charge is 0.159 e. The molecule has 0 aliphatic carbocycles. The lowest BCUT2D eigenvalue weighted by Gasteiger charge is -2.23. The molecule has 2 rings (SSSR count). The van der Waals surface area contributed by atoms with Gasteiger partial charge in [-0.1, -0.05) is 6.07 Å². The molecule has 0 saturated heterocycles. The largest absolute Gasteiger partial charge is 0.365 e. The Morgan fingerprint density at radius 2 is 2.00 bits per heavy atom. The first-order chi connectivity index (χ1) is 9.20. The van der Waals surface area contributed by atoms with Crippen molar-refractivity contribution in [1.82, 2.24) is 0 Å². The van der Waals surface area contributed by atoms with E-state index < -0.39 is 0 Å². The molecule has 0 unspecified atom stereocenters. The van der Waals surface area contributed by atoms with E-state index in [9.17, 15) is 4.79 Å². The molecule has 19 heavy (non-hydrogen) atoms. The number of carbonyl (C=O) groups is 1. The summed E-state index contributed by atoms with van der Waals surface area (Å²) in [6.07, 6.45) is 0. The van der Waals surface area contributed by atoms with E-state index in [2.05, 4.69) is 22.4 Å². The summed E-state index contributed by atoms with van der Waals surface area (Å²) in [4.78, 5) is 14.8. The second-order valence-corrected chi connectivity index (χ2v) is 5.42. The molecule has 0 aliphatic rings. The summed E-state index contributed by atoms with van der Waals surface area (Å²) in [5.74, 6) is 0.0928. The number of nitrogens with zero attached hydrogens (tertiary/aromatic N) is 1. The molecule has 2 N–H and O–H groups in total. The maximum Gasteiger partial charge on any atom is 0.159 e. The number of carbonyl (C=O) groups excluding carboxylic acids is 1. The molecule has 0 amide bonds. The highest BCUT2D eigenvalue weighted by Crippen LogP contribution is 2.20. The van der Waals surface area contributed by atoms with Crippen molar-refractivity contribution in [1.29, 1.82) is 0 Å². The van der Waals surface area contributed by atoms with Gasteiger partial charge in [-0.15, -0.1) is 11.3 Å². The third kappa shape index (κ3) is 3.66. The van der Waals surface area contributed by atoms with E-state index in [-0.39, 0.29) is 5.78 Å². The quantitative estimate of drug-likeness (QED) is 0.824. The van der Waals surface area contributed by atoms with E-state index in [0.717, 1.165) is 24.3 Å². The Hall–Kier alpha value is -1.65. The van der Waals surface area contributed by atoms with Crippen LogP contribution in [0.25, 0.3) is 0 Å². The second kappa shape index (κ2) is 6.50. The van der Waals surface area contributed by atoms with Crippen molar-refractivity contribution in [2.75, 3.05) is 18.0 Å². The minimum absolute atomic E-state index is 0.0928. The average molecular weight is 274 g/mol. The lowest BCUT2D eigenvalue weighted by Crippen LogP contribution is -2.28. The molecule has 0 radical (unpaired) electrons. The first-order valence-electron chi connectivity index (χ1n) is 6.29. The van der Waals surface area contributed by atoms with Crippen LogP contribution in [0.3, 0.4) is 0 Å². The summed E-state index contributed by atoms with van der Waals surface area (Å²) in [5.41, 5.74) is 7.53. The number of anilines is 1. The molecular weight excluding hydrogens is 256 g/mol. The number of benzene rings is 1. The minimum Gasteiger partial charge on any atom is -0.365 e. The molecule has 1 aromatic carbocycles. The van der Waals surface area contributed by atoms with Crippen LogP contribution in [-0.2, 0) is 6.54 Å². The number of hydrogen-bond donors (Lipinski definition) is 1. The zero-order valence-corrected chi connectivity index (χ0v) is 11.8. The minimum atomic E-state index is 0.0928. The highest BCUT2D eigenvalue weighted by Gasteiger charge is 2.08. The molecule has 0 saturated carbocycles. The maximum atomic E-state index is 11.3. The van der Waals surface area contributed by atoms with Crippen molar-refractivity contribution < 1.29 is 4.79 Å². The van der Waals surface area contributed by atoms with Gasteiger partial charge in [-0.25, -0.2) is 0 Å². The Morgan fingerprint density at radius 3 is 2.53 bits per heavy atom. The normalized spacial score (nSPS) is 10.4. The molecule has 100 valence electrons. The number of hydrogen-bond acceptors (Lipinski definition) is 4. The zero-order chi connectivity index (χ0) is 13.7. The van der Waals surface area contributed by atoms with Crippen LogP contribution in [0.4, 0.5) is 5.69 Å². The number of rotatable bonds is 6. The molecule has 1 heterocycles. The topological polar surface area (TPSA) is 46.3 Å². The van der Waals surface area contributed by atoms with Crippen LogP contribution in [0.5, 0.6) is 0 Å². The van der Waals surface area contributed by atoms with Crippen LogP contribution in [0.15, 0.2) is 41.8 Å². The summed E-state index contributed by atoms with van der Waals surface area (Å²) in [6, 6.07) is 11.9. The monoisotopic (exact) mass is 274 g/mol. The Kier molecular flexibility index (Phi) is 4.71. The van der Waals surface area contributed by atoms with Crippen LogP contribution in [0, 0.1) is 0 Å². The summed E-state index contributed by atoms with van der Waals surface area (Å²) in [5, 5.41) is 2.08. The van der Waals surface area contributed by atoms with E-state index in [1.165, 1.54) is 4.88 Å². The zero-order valence-electron chi connectivity index (χ0n) is 11.0.